The number of fused-ring (bicyclic) bond motifs is 1. The lowest BCUT2D eigenvalue weighted by molar-refractivity contribution is 0.0591. The Balaban J connectivity index is 2.09. The standard InChI is InChI=1S/C12H15N3O2/c1-17-12(16)10-8-4-5-13-6-9(8)14-11(15-10)7-2-3-7/h7,13H,2-6H2,1H3. The Hall–Kier alpha value is -1.49. The Morgan fingerprint density at radius 3 is 2.94 bits per heavy atom. The van der Waals surface area contributed by atoms with Gasteiger partial charge in [-0.2, -0.15) is 0 Å². The molecule has 0 saturated heterocycles. The zero-order chi connectivity index (χ0) is 11.8. The minimum absolute atomic E-state index is 0.340. The van der Waals surface area contributed by atoms with Crippen molar-refractivity contribution in [2.24, 2.45) is 0 Å². The molecule has 3 rings (SSSR count). The van der Waals surface area contributed by atoms with Crippen LogP contribution in [0, 0.1) is 0 Å². The van der Waals surface area contributed by atoms with E-state index in [0.29, 0.717) is 11.6 Å². The second-order valence-electron chi connectivity index (χ2n) is 4.55. The maximum absolute atomic E-state index is 11.7. The first-order valence-electron chi connectivity index (χ1n) is 5.98. The number of aromatic nitrogens is 2. The van der Waals surface area contributed by atoms with Gasteiger partial charge in [0.2, 0.25) is 0 Å². The summed E-state index contributed by atoms with van der Waals surface area (Å²) >= 11 is 0. The van der Waals surface area contributed by atoms with Crippen molar-refractivity contribution in [1.82, 2.24) is 15.3 Å². The number of nitrogens with zero attached hydrogens (tertiary/aromatic N) is 2. The van der Waals surface area contributed by atoms with Crippen LogP contribution in [0.3, 0.4) is 0 Å². The second kappa shape index (κ2) is 4.07. The van der Waals surface area contributed by atoms with Crippen LogP contribution in [0.1, 0.15) is 46.3 Å². The summed E-state index contributed by atoms with van der Waals surface area (Å²) < 4.78 is 4.81. The van der Waals surface area contributed by atoms with Gasteiger partial charge >= 0.3 is 5.97 Å². The molecular weight excluding hydrogens is 218 g/mol. The van der Waals surface area contributed by atoms with Gasteiger partial charge in [-0.1, -0.05) is 0 Å². The number of hydrogen-bond donors (Lipinski definition) is 1. The lowest BCUT2D eigenvalue weighted by Crippen LogP contribution is -2.28. The summed E-state index contributed by atoms with van der Waals surface area (Å²) in [6.07, 6.45) is 3.06. The fourth-order valence-electron chi connectivity index (χ4n) is 2.17. The van der Waals surface area contributed by atoms with E-state index in [1.165, 1.54) is 7.11 Å². The molecule has 1 aromatic rings. The van der Waals surface area contributed by atoms with Crippen molar-refractivity contribution in [3.05, 3.63) is 22.8 Å². The molecule has 0 aromatic carbocycles. The molecule has 0 spiro atoms. The molecule has 0 radical (unpaired) electrons. The summed E-state index contributed by atoms with van der Waals surface area (Å²) in [4.78, 5) is 20.7. The summed E-state index contributed by atoms with van der Waals surface area (Å²) in [5.74, 6) is 0.922. The minimum atomic E-state index is -0.340. The Morgan fingerprint density at radius 1 is 1.41 bits per heavy atom. The van der Waals surface area contributed by atoms with Gasteiger partial charge in [-0.05, 0) is 25.8 Å². The highest BCUT2D eigenvalue weighted by Crippen LogP contribution is 2.38. The first kappa shape index (κ1) is 10.7. The highest BCUT2D eigenvalue weighted by atomic mass is 16.5. The topological polar surface area (TPSA) is 64.1 Å². The molecule has 1 aliphatic carbocycles. The molecule has 2 aliphatic rings. The SMILES string of the molecule is COC(=O)c1nc(C2CC2)nc2c1CCNC2. The number of ether oxygens (including phenoxy) is 1. The van der Waals surface area contributed by atoms with Gasteiger partial charge in [0, 0.05) is 18.0 Å². The van der Waals surface area contributed by atoms with Gasteiger partial charge in [0.25, 0.3) is 0 Å². The third-order valence-corrected chi connectivity index (χ3v) is 3.28. The molecule has 5 heteroatoms. The first-order valence-corrected chi connectivity index (χ1v) is 5.98. The van der Waals surface area contributed by atoms with Crippen molar-refractivity contribution >= 4 is 5.97 Å². The molecule has 1 N–H and O–H groups in total. The van der Waals surface area contributed by atoms with Crippen LogP contribution >= 0.6 is 0 Å². The fraction of sp³-hybridized carbons (Fsp3) is 0.583. The minimum Gasteiger partial charge on any atom is -0.464 e. The summed E-state index contributed by atoms with van der Waals surface area (Å²) in [6.45, 7) is 1.59. The molecule has 0 unspecified atom stereocenters. The van der Waals surface area contributed by atoms with Crippen molar-refractivity contribution < 1.29 is 9.53 Å². The lowest BCUT2D eigenvalue weighted by atomic mass is 10.0. The molecule has 1 aliphatic heterocycles. The lowest BCUT2D eigenvalue weighted by Gasteiger charge is -2.18. The van der Waals surface area contributed by atoms with E-state index < -0.39 is 0 Å². The van der Waals surface area contributed by atoms with Crippen molar-refractivity contribution in [2.75, 3.05) is 13.7 Å². The second-order valence-corrected chi connectivity index (χ2v) is 4.55. The molecule has 0 bridgehead atoms. The van der Waals surface area contributed by atoms with Crippen molar-refractivity contribution in [1.29, 1.82) is 0 Å². The Labute approximate surface area is 99.6 Å². The van der Waals surface area contributed by atoms with Crippen LogP contribution in [0.25, 0.3) is 0 Å². The highest BCUT2D eigenvalue weighted by molar-refractivity contribution is 5.89. The highest BCUT2D eigenvalue weighted by Gasteiger charge is 2.30. The van der Waals surface area contributed by atoms with Crippen LogP contribution in [0.15, 0.2) is 0 Å². The summed E-state index contributed by atoms with van der Waals surface area (Å²) in [5, 5.41) is 3.27. The zero-order valence-corrected chi connectivity index (χ0v) is 9.82. The van der Waals surface area contributed by atoms with Crippen molar-refractivity contribution in [3.63, 3.8) is 0 Å². The fourth-order valence-corrected chi connectivity index (χ4v) is 2.17. The normalized spacial score (nSPS) is 18.6. The Kier molecular flexibility index (Phi) is 2.55. The van der Waals surface area contributed by atoms with E-state index in [1.807, 2.05) is 0 Å². The van der Waals surface area contributed by atoms with E-state index in [2.05, 4.69) is 15.3 Å². The third kappa shape index (κ3) is 1.91. The molecule has 0 atom stereocenters. The van der Waals surface area contributed by atoms with Crippen molar-refractivity contribution in [3.8, 4) is 0 Å². The average molecular weight is 233 g/mol. The number of methoxy groups -OCH3 is 1. The number of esters is 1. The van der Waals surface area contributed by atoms with E-state index in [0.717, 1.165) is 49.4 Å². The molecule has 17 heavy (non-hydrogen) atoms. The molecule has 1 aromatic heterocycles. The van der Waals surface area contributed by atoms with E-state index >= 15 is 0 Å². The Bertz CT molecular complexity index is 469. The summed E-state index contributed by atoms with van der Waals surface area (Å²) in [5.41, 5.74) is 2.40. The molecular formula is C12H15N3O2. The van der Waals surface area contributed by atoms with Crippen LogP contribution in [0.5, 0.6) is 0 Å². The molecule has 5 nitrogen and oxygen atoms in total. The molecule has 1 saturated carbocycles. The monoisotopic (exact) mass is 233 g/mol. The first-order chi connectivity index (χ1) is 8.29. The molecule has 1 fully saturated rings. The quantitative estimate of drug-likeness (QED) is 0.765. The van der Waals surface area contributed by atoms with Crippen LogP contribution < -0.4 is 5.32 Å². The summed E-state index contributed by atoms with van der Waals surface area (Å²) in [7, 11) is 1.40. The van der Waals surface area contributed by atoms with Crippen LogP contribution in [-0.2, 0) is 17.7 Å². The molecule has 90 valence electrons. The number of hydrogen-bond acceptors (Lipinski definition) is 5. The van der Waals surface area contributed by atoms with E-state index in [-0.39, 0.29) is 5.97 Å². The van der Waals surface area contributed by atoms with Gasteiger partial charge < -0.3 is 10.1 Å². The summed E-state index contributed by atoms with van der Waals surface area (Å²) in [6, 6.07) is 0. The average Bonchev–Trinajstić information content (AvgIpc) is 3.21. The molecule has 0 amide bonds. The van der Waals surface area contributed by atoms with Gasteiger partial charge in [0.15, 0.2) is 5.69 Å². The van der Waals surface area contributed by atoms with E-state index in [4.69, 9.17) is 4.74 Å². The van der Waals surface area contributed by atoms with Crippen LogP contribution in [0.4, 0.5) is 0 Å². The van der Waals surface area contributed by atoms with Crippen LogP contribution in [0.2, 0.25) is 0 Å². The van der Waals surface area contributed by atoms with Crippen LogP contribution in [-0.4, -0.2) is 29.6 Å². The largest absolute Gasteiger partial charge is 0.464 e. The van der Waals surface area contributed by atoms with Gasteiger partial charge in [-0.15, -0.1) is 0 Å². The Morgan fingerprint density at radius 2 is 2.24 bits per heavy atom. The van der Waals surface area contributed by atoms with E-state index in [9.17, 15) is 4.79 Å². The maximum atomic E-state index is 11.7. The maximum Gasteiger partial charge on any atom is 0.357 e. The number of carbonyl (C=O) groups excluding carboxylic acids is 1. The predicted molar refractivity (Wildman–Crippen MR) is 60.8 cm³/mol. The van der Waals surface area contributed by atoms with E-state index in [1.54, 1.807) is 0 Å². The van der Waals surface area contributed by atoms with Gasteiger partial charge in [-0.3, -0.25) is 0 Å². The zero-order valence-electron chi connectivity index (χ0n) is 9.82. The smallest absolute Gasteiger partial charge is 0.357 e. The third-order valence-electron chi connectivity index (χ3n) is 3.28. The molecule has 2 heterocycles. The van der Waals surface area contributed by atoms with Gasteiger partial charge in [-0.25, -0.2) is 14.8 Å². The van der Waals surface area contributed by atoms with Gasteiger partial charge in [0.1, 0.15) is 5.82 Å². The number of nitrogens with one attached hydrogen (secondary N) is 1. The van der Waals surface area contributed by atoms with Gasteiger partial charge in [0.05, 0.1) is 12.8 Å². The predicted octanol–water partition coefficient (Wildman–Crippen LogP) is 0.786. The number of carbonyl (C=O) groups is 1. The number of rotatable bonds is 2. The van der Waals surface area contributed by atoms with Crippen molar-refractivity contribution in [2.45, 2.75) is 31.7 Å².